The van der Waals surface area contributed by atoms with Gasteiger partial charge in [-0.15, -0.1) is 0 Å². The number of hydrogen-bond acceptors (Lipinski definition) is 5. The van der Waals surface area contributed by atoms with Gasteiger partial charge in [0.25, 0.3) is 0 Å². The molecule has 0 saturated heterocycles. The van der Waals surface area contributed by atoms with Crippen LogP contribution in [-0.4, -0.2) is 41.4 Å². The lowest BCUT2D eigenvalue weighted by atomic mass is 10.2. The van der Waals surface area contributed by atoms with E-state index in [1.54, 1.807) is 12.1 Å². The average Bonchev–Trinajstić information content (AvgIpc) is 2.33. The molecule has 0 aliphatic rings. The third-order valence-corrected chi connectivity index (χ3v) is 5.43. The van der Waals surface area contributed by atoms with Crippen LogP contribution in [0.1, 0.15) is 19.4 Å². The zero-order valence-corrected chi connectivity index (χ0v) is 14.1. The molecule has 1 atom stereocenters. The van der Waals surface area contributed by atoms with Crippen molar-refractivity contribution in [3.8, 4) is 0 Å². The molecule has 1 unspecified atom stereocenters. The first kappa shape index (κ1) is 18.1. The summed E-state index contributed by atoms with van der Waals surface area (Å²) in [5, 5.41) is 3.15. The van der Waals surface area contributed by atoms with Gasteiger partial charge >= 0.3 is 0 Å². The molecular weight excluding hydrogens is 312 g/mol. The van der Waals surface area contributed by atoms with Crippen molar-refractivity contribution >= 4 is 19.9 Å². The molecule has 6 nitrogen and oxygen atoms in total. The van der Waals surface area contributed by atoms with Crippen molar-refractivity contribution in [2.75, 3.05) is 18.6 Å². The van der Waals surface area contributed by atoms with Crippen LogP contribution >= 0.6 is 0 Å². The first-order valence-corrected chi connectivity index (χ1v) is 10.2. The second-order valence-electron chi connectivity index (χ2n) is 5.04. The highest BCUT2D eigenvalue weighted by Crippen LogP contribution is 2.11. The Bertz CT molecular complexity index is 652. The Balaban J connectivity index is 2.78. The van der Waals surface area contributed by atoms with Gasteiger partial charge < -0.3 is 5.32 Å². The molecule has 1 aromatic carbocycles. The predicted molar refractivity (Wildman–Crippen MR) is 83.3 cm³/mol. The van der Waals surface area contributed by atoms with Gasteiger partial charge in [0, 0.05) is 18.8 Å². The number of benzene rings is 1. The molecule has 0 radical (unpaired) electrons. The van der Waals surface area contributed by atoms with Crippen LogP contribution in [0.4, 0.5) is 0 Å². The fraction of sp³-hybridized carbons (Fsp3) is 0.538. The van der Waals surface area contributed by atoms with Gasteiger partial charge in [-0.1, -0.05) is 19.1 Å². The fourth-order valence-corrected chi connectivity index (χ4v) is 4.22. The highest BCUT2D eigenvalue weighted by molar-refractivity contribution is 7.91. The lowest BCUT2D eigenvalue weighted by Crippen LogP contribution is -2.37. The van der Waals surface area contributed by atoms with E-state index in [2.05, 4.69) is 10.0 Å². The molecule has 1 rings (SSSR count). The molecule has 0 aromatic heterocycles. The minimum Gasteiger partial charge on any atom is -0.313 e. The molecule has 0 fully saturated rings. The Morgan fingerprint density at radius 3 is 2.14 bits per heavy atom. The Morgan fingerprint density at radius 2 is 1.67 bits per heavy atom. The molecule has 0 aliphatic heterocycles. The molecule has 2 N–H and O–H groups in total. The first-order valence-electron chi connectivity index (χ1n) is 6.64. The first-order chi connectivity index (χ1) is 9.64. The number of hydrogen-bond donors (Lipinski definition) is 2. The molecular formula is C13H22N2O4S2. The summed E-state index contributed by atoms with van der Waals surface area (Å²) in [6, 6.07) is 5.83. The summed E-state index contributed by atoms with van der Waals surface area (Å²) in [6.45, 7) is 5.03. The van der Waals surface area contributed by atoms with Gasteiger partial charge in [-0.3, -0.25) is 0 Å². The lowest BCUT2D eigenvalue weighted by Gasteiger charge is -2.13. The minimum absolute atomic E-state index is 0.128. The van der Waals surface area contributed by atoms with E-state index in [0.717, 1.165) is 18.4 Å². The van der Waals surface area contributed by atoms with Gasteiger partial charge in [-0.2, -0.15) is 0 Å². The summed E-state index contributed by atoms with van der Waals surface area (Å²) in [4.78, 5) is 0.128. The Morgan fingerprint density at radius 1 is 1.10 bits per heavy atom. The van der Waals surface area contributed by atoms with Crippen molar-refractivity contribution in [3.05, 3.63) is 29.8 Å². The van der Waals surface area contributed by atoms with E-state index in [1.165, 1.54) is 19.1 Å². The monoisotopic (exact) mass is 334 g/mol. The van der Waals surface area contributed by atoms with E-state index in [1.807, 2.05) is 6.92 Å². The van der Waals surface area contributed by atoms with Gasteiger partial charge in [0.1, 0.15) is 9.84 Å². The normalized spacial score (nSPS) is 14.0. The molecule has 21 heavy (non-hydrogen) atoms. The van der Waals surface area contributed by atoms with Crippen LogP contribution < -0.4 is 10.0 Å². The van der Waals surface area contributed by atoms with E-state index in [0.29, 0.717) is 6.54 Å². The summed E-state index contributed by atoms with van der Waals surface area (Å²) in [6.07, 6.45) is 1.08. The second kappa shape index (κ2) is 7.35. The second-order valence-corrected chi connectivity index (χ2v) is 8.94. The predicted octanol–water partition coefficient (Wildman–Crippen LogP) is 0.508. The van der Waals surface area contributed by atoms with Crippen molar-refractivity contribution in [3.63, 3.8) is 0 Å². The van der Waals surface area contributed by atoms with Crippen LogP contribution in [0.25, 0.3) is 0 Å². The van der Waals surface area contributed by atoms with Gasteiger partial charge in [0.2, 0.25) is 10.0 Å². The molecule has 0 saturated carbocycles. The van der Waals surface area contributed by atoms with E-state index in [9.17, 15) is 16.8 Å². The highest BCUT2D eigenvalue weighted by atomic mass is 32.2. The van der Waals surface area contributed by atoms with Gasteiger partial charge in [0.05, 0.1) is 10.6 Å². The van der Waals surface area contributed by atoms with Crippen molar-refractivity contribution in [2.45, 2.75) is 31.3 Å². The maximum absolute atomic E-state index is 12.1. The van der Waals surface area contributed by atoms with Crippen LogP contribution in [0.3, 0.4) is 0 Å². The topological polar surface area (TPSA) is 92.3 Å². The standard InChI is InChI=1S/C13H22N2O4S2/c1-4-14-9-12-5-7-13(8-6-12)21(18,19)15-11(2)10-20(3,16)17/h5-8,11,14-15H,4,9-10H2,1-3H3. The van der Waals surface area contributed by atoms with Crippen molar-refractivity contribution < 1.29 is 16.8 Å². The van der Waals surface area contributed by atoms with Crippen LogP contribution in [0.15, 0.2) is 29.2 Å². The Kier molecular flexibility index (Phi) is 6.33. The molecule has 8 heteroatoms. The summed E-state index contributed by atoms with van der Waals surface area (Å²) >= 11 is 0. The molecule has 1 aromatic rings. The molecule has 0 aliphatic carbocycles. The SMILES string of the molecule is CCNCc1ccc(S(=O)(=O)NC(C)CS(C)(=O)=O)cc1. The van der Waals surface area contributed by atoms with Gasteiger partial charge in [-0.05, 0) is 31.2 Å². The zero-order valence-electron chi connectivity index (χ0n) is 12.5. The van der Waals surface area contributed by atoms with Crippen molar-refractivity contribution in [1.82, 2.24) is 10.0 Å². The fourth-order valence-electron chi connectivity index (χ4n) is 1.88. The summed E-state index contributed by atoms with van der Waals surface area (Å²) < 4.78 is 49.0. The van der Waals surface area contributed by atoms with Gasteiger partial charge in [-0.25, -0.2) is 21.6 Å². The van der Waals surface area contributed by atoms with Crippen LogP contribution in [0.5, 0.6) is 0 Å². The zero-order chi connectivity index (χ0) is 16.1. The lowest BCUT2D eigenvalue weighted by molar-refractivity contribution is 0.564. The summed E-state index contributed by atoms with van der Waals surface area (Å²) in [5.41, 5.74) is 0.986. The number of rotatable bonds is 8. The summed E-state index contributed by atoms with van der Waals surface area (Å²) in [5.74, 6) is -0.231. The van der Waals surface area contributed by atoms with E-state index < -0.39 is 25.9 Å². The third kappa shape index (κ3) is 6.56. The largest absolute Gasteiger partial charge is 0.313 e. The van der Waals surface area contributed by atoms with Crippen LogP contribution in [0.2, 0.25) is 0 Å². The maximum Gasteiger partial charge on any atom is 0.240 e. The minimum atomic E-state index is -3.70. The smallest absolute Gasteiger partial charge is 0.240 e. The van der Waals surface area contributed by atoms with Gasteiger partial charge in [0.15, 0.2) is 0 Å². The number of sulfonamides is 1. The van der Waals surface area contributed by atoms with E-state index >= 15 is 0 Å². The Labute approximate surface area is 126 Å². The van der Waals surface area contributed by atoms with Crippen LogP contribution in [-0.2, 0) is 26.4 Å². The molecule has 0 spiro atoms. The number of sulfone groups is 1. The number of nitrogens with one attached hydrogen (secondary N) is 2. The van der Waals surface area contributed by atoms with Crippen molar-refractivity contribution in [2.24, 2.45) is 0 Å². The molecule has 0 amide bonds. The van der Waals surface area contributed by atoms with E-state index in [4.69, 9.17) is 0 Å². The molecule has 120 valence electrons. The van der Waals surface area contributed by atoms with Crippen LogP contribution in [0, 0.1) is 0 Å². The highest BCUT2D eigenvalue weighted by Gasteiger charge is 2.19. The average molecular weight is 334 g/mol. The third-order valence-electron chi connectivity index (χ3n) is 2.72. The quantitative estimate of drug-likeness (QED) is 0.722. The molecule has 0 heterocycles. The summed E-state index contributed by atoms with van der Waals surface area (Å²) in [7, 11) is -6.93. The maximum atomic E-state index is 12.1. The Hall–Kier alpha value is -0.960. The van der Waals surface area contributed by atoms with E-state index in [-0.39, 0.29) is 10.6 Å². The van der Waals surface area contributed by atoms with Crippen molar-refractivity contribution in [1.29, 1.82) is 0 Å². The molecule has 0 bridgehead atoms.